The highest BCUT2D eigenvalue weighted by molar-refractivity contribution is 5.81. The van der Waals surface area contributed by atoms with Gasteiger partial charge in [-0.3, -0.25) is 4.79 Å². The molecule has 0 bridgehead atoms. The molecule has 0 saturated heterocycles. The van der Waals surface area contributed by atoms with E-state index in [2.05, 4.69) is 13.8 Å². The fraction of sp³-hybridized carbons (Fsp3) is 0.875. The maximum absolute atomic E-state index is 10.6. The number of carbonyl (C=O) groups is 1. The van der Waals surface area contributed by atoms with Crippen molar-refractivity contribution < 1.29 is 9.90 Å². The number of rotatable bonds is 1. The number of hydrogen-bond acceptors (Lipinski definition) is 1. The van der Waals surface area contributed by atoms with E-state index in [4.69, 9.17) is 5.11 Å². The third kappa shape index (κ3) is 0.446. The molecule has 2 nitrogen and oxygen atoms in total. The van der Waals surface area contributed by atoms with E-state index in [9.17, 15) is 4.79 Å². The lowest BCUT2D eigenvalue weighted by molar-refractivity contribution is -0.151. The minimum absolute atomic E-state index is 0.260. The maximum Gasteiger partial charge on any atom is 0.309 e. The van der Waals surface area contributed by atoms with Gasteiger partial charge in [0.2, 0.25) is 0 Å². The van der Waals surface area contributed by atoms with Crippen LogP contribution in [0.25, 0.3) is 0 Å². The Hall–Kier alpha value is -0.530. The molecule has 2 aliphatic rings. The van der Waals surface area contributed by atoms with Gasteiger partial charge in [-0.1, -0.05) is 13.8 Å². The van der Waals surface area contributed by atoms with Crippen LogP contribution >= 0.6 is 0 Å². The molecular weight excluding hydrogens is 128 g/mol. The highest BCUT2D eigenvalue weighted by Gasteiger charge is 2.75. The Labute approximate surface area is 60.2 Å². The Kier molecular flexibility index (Phi) is 0.773. The van der Waals surface area contributed by atoms with Gasteiger partial charge in [0.1, 0.15) is 0 Å². The van der Waals surface area contributed by atoms with Crippen LogP contribution in [0.4, 0.5) is 0 Å². The molecule has 0 radical (unpaired) electrons. The van der Waals surface area contributed by atoms with Crippen LogP contribution in [0.15, 0.2) is 0 Å². The van der Waals surface area contributed by atoms with Crippen LogP contribution in [0, 0.1) is 16.7 Å². The van der Waals surface area contributed by atoms with Gasteiger partial charge in [0.05, 0.1) is 5.41 Å². The maximum atomic E-state index is 10.6. The lowest BCUT2D eigenvalue weighted by atomic mass is 9.64. The zero-order valence-electron chi connectivity index (χ0n) is 6.35. The van der Waals surface area contributed by atoms with Gasteiger partial charge in [0.25, 0.3) is 0 Å². The van der Waals surface area contributed by atoms with Crippen molar-refractivity contribution in [3.8, 4) is 0 Å². The number of fused-ring (bicyclic) bond motifs is 1. The van der Waals surface area contributed by atoms with Crippen LogP contribution in [-0.4, -0.2) is 11.1 Å². The van der Waals surface area contributed by atoms with E-state index in [1.54, 1.807) is 0 Å². The summed E-state index contributed by atoms with van der Waals surface area (Å²) in [5, 5.41) is 8.77. The lowest BCUT2D eigenvalue weighted by Crippen LogP contribution is -2.38. The summed E-state index contributed by atoms with van der Waals surface area (Å²) in [6, 6.07) is 0. The molecule has 2 aliphatic carbocycles. The van der Waals surface area contributed by atoms with Crippen LogP contribution in [0.2, 0.25) is 0 Å². The Bertz CT molecular complexity index is 207. The van der Waals surface area contributed by atoms with Gasteiger partial charge in [-0.2, -0.15) is 0 Å². The zero-order valence-corrected chi connectivity index (χ0v) is 6.35. The van der Waals surface area contributed by atoms with Crippen LogP contribution in [-0.2, 0) is 4.79 Å². The summed E-state index contributed by atoms with van der Waals surface area (Å²) in [4.78, 5) is 10.6. The molecule has 2 saturated carbocycles. The van der Waals surface area contributed by atoms with Gasteiger partial charge in [-0.05, 0) is 24.2 Å². The highest BCUT2D eigenvalue weighted by Crippen LogP contribution is 2.76. The van der Waals surface area contributed by atoms with Crippen molar-refractivity contribution in [3.05, 3.63) is 0 Å². The average molecular weight is 140 g/mol. The van der Waals surface area contributed by atoms with Gasteiger partial charge in [-0.15, -0.1) is 0 Å². The minimum Gasteiger partial charge on any atom is -0.481 e. The predicted octanol–water partition coefficient (Wildman–Crippen LogP) is 1.51. The van der Waals surface area contributed by atoms with E-state index in [1.807, 2.05) is 0 Å². The van der Waals surface area contributed by atoms with Crippen molar-refractivity contribution in [2.75, 3.05) is 0 Å². The smallest absolute Gasteiger partial charge is 0.309 e. The standard InChI is InChI=1S/C8H12O2/c1-7(2)4-8(6(9)10)3-5(7)8/h5H,3-4H2,1-2H3,(H,9,10). The molecule has 0 heterocycles. The third-order valence-electron chi connectivity index (χ3n) is 3.22. The minimum atomic E-state index is -0.572. The van der Waals surface area contributed by atoms with E-state index in [-0.39, 0.29) is 5.41 Å². The summed E-state index contributed by atoms with van der Waals surface area (Å²) in [5.41, 5.74) is 0.0574. The Morgan fingerprint density at radius 3 is 2.30 bits per heavy atom. The normalized spacial score (nSPS) is 47.2. The summed E-state index contributed by atoms with van der Waals surface area (Å²) < 4.78 is 0. The molecule has 0 amide bonds. The molecule has 2 fully saturated rings. The molecule has 0 aromatic heterocycles. The number of carboxylic acid groups (broad SMARTS) is 1. The molecule has 0 spiro atoms. The summed E-state index contributed by atoms with van der Waals surface area (Å²) >= 11 is 0. The first-order valence-corrected chi connectivity index (χ1v) is 3.72. The monoisotopic (exact) mass is 140 g/mol. The molecule has 56 valence electrons. The van der Waals surface area contributed by atoms with Gasteiger partial charge < -0.3 is 5.11 Å². The van der Waals surface area contributed by atoms with E-state index in [0.29, 0.717) is 11.3 Å². The average Bonchev–Trinajstić information content (AvgIpc) is 2.38. The molecular formula is C8H12O2. The number of carboxylic acids is 1. The summed E-state index contributed by atoms with van der Waals surface area (Å²) in [7, 11) is 0. The third-order valence-corrected chi connectivity index (χ3v) is 3.22. The van der Waals surface area contributed by atoms with Crippen molar-refractivity contribution >= 4 is 5.97 Å². The van der Waals surface area contributed by atoms with E-state index >= 15 is 0 Å². The quantitative estimate of drug-likeness (QED) is 0.599. The second-order valence-electron chi connectivity index (χ2n) is 4.38. The van der Waals surface area contributed by atoms with Crippen LogP contribution in [0.5, 0.6) is 0 Å². The second-order valence-corrected chi connectivity index (χ2v) is 4.38. The summed E-state index contributed by atoms with van der Waals surface area (Å²) in [6.07, 6.45) is 1.81. The molecule has 0 aromatic carbocycles. The SMILES string of the molecule is CC1(C)CC2(C(=O)O)CC12. The molecule has 2 atom stereocenters. The predicted molar refractivity (Wildman–Crippen MR) is 36.6 cm³/mol. The molecule has 1 N–H and O–H groups in total. The first-order chi connectivity index (χ1) is 4.49. The molecule has 2 unspecified atom stereocenters. The number of hydrogen-bond donors (Lipinski definition) is 1. The van der Waals surface area contributed by atoms with Crippen molar-refractivity contribution in [2.45, 2.75) is 26.7 Å². The zero-order chi connectivity index (χ0) is 7.57. The van der Waals surface area contributed by atoms with Crippen molar-refractivity contribution in [1.82, 2.24) is 0 Å². The molecule has 10 heavy (non-hydrogen) atoms. The molecule has 2 heteroatoms. The van der Waals surface area contributed by atoms with Crippen molar-refractivity contribution in [2.24, 2.45) is 16.7 Å². The highest BCUT2D eigenvalue weighted by atomic mass is 16.4. The van der Waals surface area contributed by atoms with Gasteiger partial charge >= 0.3 is 5.97 Å². The molecule has 0 aromatic rings. The van der Waals surface area contributed by atoms with Crippen LogP contribution in [0.1, 0.15) is 26.7 Å². The molecule has 2 rings (SSSR count). The van der Waals surface area contributed by atoms with E-state index in [1.165, 1.54) is 0 Å². The van der Waals surface area contributed by atoms with E-state index < -0.39 is 5.97 Å². The fourth-order valence-corrected chi connectivity index (χ4v) is 2.64. The number of aliphatic carboxylic acids is 1. The Balaban J connectivity index is 2.15. The van der Waals surface area contributed by atoms with Gasteiger partial charge in [0, 0.05) is 0 Å². The van der Waals surface area contributed by atoms with Crippen LogP contribution < -0.4 is 0 Å². The fourth-order valence-electron chi connectivity index (χ4n) is 2.64. The largest absolute Gasteiger partial charge is 0.481 e. The summed E-state index contributed by atoms with van der Waals surface area (Å²) in [6.45, 7) is 4.32. The molecule has 0 aliphatic heterocycles. The van der Waals surface area contributed by atoms with Crippen molar-refractivity contribution in [3.63, 3.8) is 0 Å². The first-order valence-electron chi connectivity index (χ1n) is 3.72. The topological polar surface area (TPSA) is 37.3 Å². The van der Waals surface area contributed by atoms with Crippen molar-refractivity contribution in [1.29, 1.82) is 0 Å². The van der Waals surface area contributed by atoms with Gasteiger partial charge in [-0.25, -0.2) is 0 Å². The Morgan fingerprint density at radius 2 is 2.20 bits per heavy atom. The first kappa shape index (κ1) is 6.20. The lowest BCUT2D eigenvalue weighted by Gasteiger charge is -2.39. The summed E-state index contributed by atoms with van der Waals surface area (Å²) in [5.74, 6) is -0.0886. The Morgan fingerprint density at radius 1 is 1.60 bits per heavy atom. The second kappa shape index (κ2) is 1.25. The van der Waals surface area contributed by atoms with E-state index in [0.717, 1.165) is 12.8 Å². The van der Waals surface area contributed by atoms with Gasteiger partial charge in [0.15, 0.2) is 0 Å². The van der Waals surface area contributed by atoms with Crippen LogP contribution in [0.3, 0.4) is 0 Å².